The molecule has 0 unspecified atom stereocenters. The fourth-order valence-corrected chi connectivity index (χ4v) is 1.81. The molecule has 0 bridgehead atoms. The Labute approximate surface area is 101 Å². The minimum absolute atomic E-state index is 0.127. The first-order valence-electron chi connectivity index (χ1n) is 4.35. The summed E-state index contributed by atoms with van der Waals surface area (Å²) < 4.78 is 5.16. The molecule has 1 heterocycles. The van der Waals surface area contributed by atoms with E-state index >= 15 is 0 Å². The third kappa shape index (κ3) is 1.92. The van der Waals surface area contributed by atoms with Gasteiger partial charge in [0, 0.05) is 5.02 Å². The highest BCUT2D eigenvalue weighted by Crippen LogP contribution is 2.38. The number of aldehydes is 1. The smallest absolute Gasteiger partial charge is 0.185 e. The molecule has 1 aromatic carbocycles. The SMILES string of the molecule is O=Cc1ccc(-c2cc(Cl)cc(Cl)c2O)o1. The summed E-state index contributed by atoms with van der Waals surface area (Å²) in [7, 11) is 0. The van der Waals surface area contributed by atoms with Gasteiger partial charge in [0.15, 0.2) is 12.0 Å². The van der Waals surface area contributed by atoms with Gasteiger partial charge in [-0.1, -0.05) is 23.2 Å². The number of furan rings is 1. The molecule has 2 rings (SSSR count). The molecule has 0 saturated carbocycles. The van der Waals surface area contributed by atoms with E-state index in [2.05, 4.69) is 0 Å². The molecule has 0 aliphatic rings. The van der Waals surface area contributed by atoms with E-state index in [4.69, 9.17) is 27.6 Å². The number of rotatable bonds is 2. The molecule has 0 amide bonds. The molecule has 0 aliphatic heterocycles. The van der Waals surface area contributed by atoms with Gasteiger partial charge in [0.25, 0.3) is 0 Å². The minimum atomic E-state index is -0.127. The summed E-state index contributed by atoms with van der Waals surface area (Å²) in [5.74, 6) is 0.382. The van der Waals surface area contributed by atoms with Gasteiger partial charge >= 0.3 is 0 Å². The molecule has 0 spiro atoms. The topological polar surface area (TPSA) is 50.4 Å². The second kappa shape index (κ2) is 4.20. The zero-order valence-electron chi connectivity index (χ0n) is 7.91. The summed E-state index contributed by atoms with van der Waals surface area (Å²) in [6.07, 6.45) is 0.576. The fraction of sp³-hybridized carbons (Fsp3) is 0. The van der Waals surface area contributed by atoms with Crippen molar-refractivity contribution in [2.24, 2.45) is 0 Å². The van der Waals surface area contributed by atoms with E-state index in [9.17, 15) is 9.90 Å². The van der Waals surface area contributed by atoms with Crippen LogP contribution in [-0.2, 0) is 0 Å². The maximum absolute atomic E-state index is 10.5. The van der Waals surface area contributed by atoms with Crippen LogP contribution in [-0.4, -0.2) is 11.4 Å². The Hall–Kier alpha value is -1.45. The lowest BCUT2D eigenvalue weighted by Gasteiger charge is -2.04. The van der Waals surface area contributed by atoms with Gasteiger partial charge in [-0.15, -0.1) is 0 Å². The summed E-state index contributed by atoms with van der Waals surface area (Å²) in [6, 6.07) is 5.99. The first-order valence-corrected chi connectivity index (χ1v) is 5.11. The van der Waals surface area contributed by atoms with Crippen LogP contribution in [0.4, 0.5) is 0 Å². The van der Waals surface area contributed by atoms with Gasteiger partial charge in [0.05, 0.1) is 10.6 Å². The van der Waals surface area contributed by atoms with Crippen LogP contribution >= 0.6 is 23.2 Å². The Morgan fingerprint density at radius 3 is 2.62 bits per heavy atom. The molecule has 0 radical (unpaired) electrons. The van der Waals surface area contributed by atoms with Gasteiger partial charge in [0.2, 0.25) is 0 Å². The summed E-state index contributed by atoms with van der Waals surface area (Å²) in [5, 5.41) is 10.2. The van der Waals surface area contributed by atoms with Crippen molar-refractivity contribution in [2.75, 3.05) is 0 Å². The second-order valence-corrected chi connectivity index (χ2v) is 3.95. The van der Waals surface area contributed by atoms with Crippen LogP contribution in [0.5, 0.6) is 5.75 Å². The van der Waals surface area contributed by atoms with Crippen LogP contribution in [0.25, 0.3) is 11.3 Å². The largest absolute Gasteiger partial charge is 0.506 e. The molecule has 0 aliphatic carbocycles. The van der Waals surface area contributed by atoms with Crippen molar-refractivity contribution >= 4 is 29.5 Å². The molecule has 0 saturated heterocycles. The molecule has 3 nitrogen and oxygen atoms in total. The van der Waals surface area contributed by atoms with Gasteiger partial charge in [-0.2, -0.15) is 0 Å². The first kappa shape index (κ1) is 11.0. The van der Waals surface area contributed by atoms with E-state index in [1.807, 2.05) is 0 Å². The third-order valence-corrected chi connectivity index (χ3v) is 2.54. The number of phenolic OH excluding ortho intramolecular Hbond substituents is 1. The quantitative estimate of drug-likeness (QED) is 0.833. The maximum atomic E-state index is 10.5. The highest BCUT2D eigenvalue weighted by molar-refractivity contribution is 6.36. The van der Waals surface area contributed by atoms with Crippen LogP contribution in [0.1, 0.15) is 10.6 Å². The van der Waals surface area contributed by atoms with Gasteiger partial charge < -0.3 is 9.52 Å². The molecule has 1 aromatic heterocycles. The van der Waals surface area contributed by atoms with E-state index in [-0.39, 0.29) is 16.5 Å². The number of carbonyl (C=O) groups excluding carboxylic acids is 1. The third-order valence-electron chi connectivity index (χ3n) is 2.04. The number of carbonyl (C=O) groups is 1. The number of halogens is 2. The van der Waals surface area contributed by atoms with E-state index in [1.165, 1.54) is 18.2 Å². The van der Waals surface area contributed by atoms with Crippen molar-refractivity contribution in [1.29, 1.82) is 0 Å². The van der Waals surface area contributed by atoms with E-state index in [0.29, 0.717) is 22.6 Å². The summed E-state index contributed by atoms with van der Waals surface area (Å²) in [4.78, 5) is 10.5. The van der Waals surface area contributed by atoms with Crippen molar-refractivity contribution in [3.8, 4) is 17.1 Å². The predicted molar refractivity (Wildman–Crippen MR) is 61.2 cm³/mol. The Morgan fingerprint density at radius 2 is 2.00 bits per heavy atom. The lowest BCUT2D eigenvalue weighted by molar-refractivity contribution is 0.110. The van der Waals surface area contributed by atoms with E-state index < -0.39 is 0 Å². The Bertz CT molecular complexity index is 546. The lowest BCUT2D eigenvalue weighted by atomic mass is 10.1. The zero-order valence-corrected chi connectivity index (χ0v) is 9.42. The Balaban J connectivity index is 2.58. The lowest BCUT2D eigenvalue weighted by Crippen LogP contribution is -1.78. The monoisotopic (exact) mass is 256 g/mol. The van der Waals surface area contributed by atoms with Crippen LogP contribution < -0.4 is 0 Å². The van der Waals surface area contributed by atoms with E-state index in [1.54, 1.807) is 6.07 Å². The van der Waals surface area contributed by atoms with Crippen LogP contribution in [0, 0.1) is 0 Å². The molecule has 0 atom stereocenters. The molecule has 2 aromatic rings. The van der Waals surface area contributed by atoms with Crippen molar-refractivity contribution in [2.45, 2.75) is 0 Å². The summed E-state index contributed by atoms with van der Waals surface area (Å²) in [6.45, 7) is 0. The fourth-order valence-electron chi connectivity index (χ4n) is 1.31. The molecule has 5 heteroatoms. The zero-order chi connectivity index (χ0) is 11.7. The van der Waals surface area contributed by atoms with Crippen LogP contribution in [0.3, 0.4) is 0 Å². The normalized spacial score (nSPS) is 10.4. The van der Waals surface area contributed by atoms with Gasteiger partial charge in [-0.3, -0.25) is 4.79 Å². The second-order valence-electron chi connectivity index (χ2n) is 3.10. The van der Waals surface area contributed by atoms with Crippen molar-refractivity contribution < 1.29 is 14.3 Å². The van der Waals surface area contributed by atoms with Gasteiger partial charge in [0.1, 0.15) is 11.5 Å². The highest BCUT2D eigenvalue weighted by atomic mass is 35.5. The number of benzene rings is 1. The molecule has 1 N–H and O–H groups in total. The van der Waals surface area contributed by atoms with Crippen LogP contribution in [0.2, 0.25) is 10.0 Å². The maximum Gasteiger partial charge on any atom is 0.185 e. The molecular formula is C11H6Cl2O3. The van der Waals surface area contributed by atoms with Crippen molar-refractivity contribution in [3.05, 3.63) is 40.1 Å². The predicted octanol–water partition coefficient (Wildman–Crippen LogP) is 3.77. The van der Waals surface area contributed by atoms with E-state index in [0.717, 1.165) is 0 Å². The summed E-state index contributed by atoms with van der Waals surface area (Å²) >= 11 is 11.6. The average molecular weight is 257 g/mol. The average Bonchev–Trinajstić information content (AvgIpc) is 2.71. The number of phenols is 1. The molecule has 16 heavy (non-hydrogen) atoms. The van der Waals surface area contributed by atoms with Crippen molar-refractivity contribution in [3.63, 3.8) is 0 Å². The Morgan fingerprint density at radius 1 is 1.25 bits per heavy atom. The molecule has 0 fully saturated rings. The highest BCUT2D eigenvalue weighted by Gasteiger charge is 2.13. The van der Waals surface area contributed by atoms with Gasteiger partial charge in [-0.05, 0) is 24.3 Å². The van der Waals surface area contributed by atoms with Gasteiger partial charge in [-0.25, -0.2) is 0 Å². The van der Waals surface area contributed by atoms with Crippen molar-refractivity contribution in [1.82, 2.24) is 0 Å². The number of hydrogen-bond acceptors (Lipinski definition) is 3. The minimum Gasteiger partial charge on any atom is -0.506 e. The molecular weight excluding hydrogens is 251 g/mol. The first-order chi connectivity index (χ1) is 7.61. The van der Waals surface area contributed by atoms with Crippen LogP contribution in [0.15, 0.2) is 28.7 Å². The summed E-state index contributed by atoms with van der Waals surface area (Å²) in [5.41, 5.74) is 0.352. The molecule has 82 valence electrons. The number of hydrogen-bond donors (Lipinski definition) is 1. The Kier molecular flexibility index (Phi) is 2.90. The number of aromatic hydroxyl groups is 1. The standard InChI is InChI=1S/C11H6Cl2O3/c12-6-3-8(11(15)9(13)4-6)10-2-1-7(5-14)16-10/h1-5,15H.